The molecular formula is C16H12N2O4. The second kappa shape index (κ2) is 6.41. The molecule has 2 rings (SSSR count). The Hall–Kier alpha value is -3.33. The van der Waals surface area contributed by atoms with Crippen molar-refractivity contribution >= 4 is 17.6 Å². The van der Waals surface area contributed by atoms with Gasteiger partial charge in [-0.1, -0.05) is 12.1 Å². The Morgan fingerprint density at radius 3 is 2.64 bits per heavy atom. The van der Waals surface area contributed by atoms with E-state index in [9.17, 15) is 14.7 Å². The van der Waals surface area contributed by atoms with Crippen molar-refractivity contribution in [3.05, 3.63) is 59.2 Å². The number of nitrogens with zero attached hydrogens (tertiary/aromatic N) is 1. The lowest BCUT2D eigenvalue weighted by Crippen LogP contribution is -2.13. The Morgan fingerprint density at radius 2 is 1.95 bits per heavy atom. The summed E-state index contributed by atoms with van der Waals surface area (Å²) in [6.45, 7) is 0. The highest BCUT2D eigenvalue weighted by molar-refractivity contribution is 6.06. The quantitative estimate of drug-likeness (QED) is 0.668. The van der Waals surface area contributed by atoms with Crippen molar-refractivity contribution in [3.63, 3.8) is 0 Å². The number of esters is 1. The summed E-state index contributed by atoms with van der Waals surface area (Å²) in [5.74, 6) is -1.59. The highest BCUT2D eigenvalue weighted by atomic mass is 16.5. The molecule has 0 fully saturated rings. The van der Waals surface area contributed by atoms with Crippen molar-refractivity contribution in [1.82, 2.24) is 0 Å². The Bertz CT molecular complexity index is 778. The summed E-state index contributed by atoms with van der Waals surface area (Å²) in [6, 6.07) is 12.4. The first-order valence-electron chi connectivity index (χ1n) is 6.28. The van der Waals surface area contributed by atoms with Gasteiger partial charge in [-0.05, 0) is 30.3 Å². The second-order valence-corrected chi connectivity index (χ2v) is 4.34. The van der Waals surface area contributed by atoms with Gasteiger partial charge in [0.2, 0.25) is 0 Å². The molecule has 0 saturated heterocycles. The highest BCUT2D eigenvalue weighted by Crippen LogP contribution is 2.28. The third kappa shape index (κ3) is 3.04. The summed E-state index contributed by atoms with van der Waals surface area (Å²) in [5.41, 5.74) is 0.642. The number of rotatable bonds is 3. The van der Waals surface area contributed by atoms with E-state index < -0.39 is 11.9 Å². The highest BCUT2D eigenvalue weighted by Gasteiger charge is 2.16. The molecule has 110 valence electrons. The molecule has 0 aliphatic heterocycles. The first-order chi connectivity index (χ1) is 10.6. The van der Waals surface area contributed by atoms with Gasteiger partial charge in [-0.2, -0.15) is 5.26 Å². The average molecular weight is 296 g/mol. The van der Waals surface area contributed by atoms with Crippen LogP contribution < -0.4 is 5.32 Å². The van der Waals surface area contributed by atoms with Crippen LogP contribution in [0.4, 0.5) is 5.69 Å². The molecule has 1 amide bonds. The fraction of sp³-hybridized carbons (Fsp3) is 0.0625. The molecule has 0 atom stereocenters. The lowest BCUT2D eigenvalue weighted by Gasteiger charge is -2.10. The number of amides is 1. The first kappa shape index (κ1) is 15.1. The number of para-hydroxylation sites is 1. The van der Waals surface area contributed by atoms with Crippen LogP contribution in [0.15, 0.2) is 42.5 Å². The molecule has 6 nitrogen and oxygen atoms in total. The zero-order valence-corrected chi connectivity index (χ0v) is 11.7. The minimum Gasteiger partial charge on any atom is -0.505 e. The van der Waals surface area contributed by atoms with Crippen LogP contribution in [0.5, 0.6) is 5.75 Å². The molecule has 0 bridgehead atoms. The van der Waals surface area contributed by atoms with Crippen LogP contribution in [0.2, 0.25) is 0 Å². The molecule has 2 aromatic rings. The summed E-state index contributed by atoms with van der Waals surface area (Å²) < 4.78 is 4.54. The fourth-order valence-corrected chi connectivity index (χ4v) is 1.84. The number of nitrogens with one attached hydrogen (secondary N) is 1. The molecule has 0 heterocycles. The first-order valence-corrected chi connectivity index (χ1v) is 6.28. The third-order valence-corrected chi connectivity index (χ3v) is 2.94. The van der Waals surface area contributed by atoms with Crippen molar-refractivity contribution in [3.8, 4) is 11.8 Å². The number of aromatic hydroxyl groups is 1. The van der Waals surface area contributed by atoms with E-state index in [1.807, 2.05) is 6.07 Å². The standard InChI is InChI=1S/C16H12N2O4/c1-22-16(21)12-6-3-7-13(14(12)19)18-15(20)11-5-2-4-10(8-11)9-17/h2-8,19H,1H3,(H,18,20). The zero-order chi connectivity index (χ0) is 16.1. The number of nitriles is 1. The van der Waals surface area contributed by atoms with Crippen molar-refractivity contribution in [1.29, 1.82) is 5.26 Å². The van der Waals surface area contributed by atoms with E-state index in [2.05, 4.69) is 10.1 Å². The van der Waals surface area contributed by atoms with Crippen LogP contribution in [-0.4, -0.2) is 24.1 Å². The minimum absolute atomic E-state index is 0.0499. The summed E-state index contributed by atoms with van der Waals surface area (Å²) in [7, 11) is 1.19. The minimum atomic E-state index is -0.708. The fourth-order valence-electron chi connectivity index (χ4n) is 1.84. The predicted molar refractivity (Wildman–Crippen MR) is 78.6 cm³/mol. The van der Waals surface area contributed by atoms with Gasteiger partial charge in [-0.3, -0.25) is 4.79 Å². The maximum Gasteiger partial charge on any atom is 0.341 e. The number of phenols is 1. The van der Waals surface area contributed by atoms with Gasteiger partial charge < -0.3 is 15.2 Å². The number of hydrogen-bond donors (Lipinski definition) is 2. The maximum absolute atomic E-state index is 12.1. The molecule has 0 unspecified atom stereocenters. The number of methoxy groups -OCH3 is 1. The number of hydrogen-bond acceptors (Lipinski definition) is 5. The Balaban J connectivity index is 2.29. The number of ether oxygens (including phenoxy) is 1. The Labute approximate surface area is 126 Å². The van der Waals surface area contributed by atoms with E-state index in [1.54, 1.807) is 12.1 Å². The molecule has 2 aromatic carbocycles. The van der Waals surface area contributed by atoms with Gasteiger partial charge in [0.15, 0.2) is 5.75 Å². The second-order valence-electron chi connectivity index (χ2n) is 4.34. The molecule has 0 radical (unpaired) electrons. The summed E-state index contributed by atoms with van der Waals surface area (Å²) in [6.07, 6.45) is 0. The van der Waals surface area contributed by atoms with Gasteiger partial charge in [0, 0.05) is 5.56 Å². The predicted octanol–water partition coefficient (Wildman–Crippen LogP) is 2.30. The molecule has 0 spiro atoms. The molecule has 6 heteroatoms. The van der Waals surface area contributed by atoms with Gasteiger partial charge in [-0.25, -0.2) is 4.79 Å². The van der Waals surface area contributed by atoms with Crippen LogP contribution in [0.25, 0.3) is 0 Å². The van der Waals surface area contributed by atoms with Crippen LogP contribution in [-0.2, 0) is 4.74 Å². The van der Waals surface area contributed by atoms with Crippen molar-refractivity contribution in [2.45, 2.75) is 0 Å². The smallest absolute Gasteiger partial charge is 0.341 e. The molecule has 22 heavy (non-hydrogen) atoms. The Kier molecular flexibility index (Phi) is 4.39. The van der Waals surface area contributed by atoms with E-state index >= 15 is 0 Å². The van der Waals surface area contributed by atoms with Gasteiger partial charge >= 0.3 is 5.97 Å². The number of phenolic OH excluding ortho intramolecular Hbond substituents is 1. The molecule has 0 saturated carbocycles. The molecular weight excluding hydrogens is 284 g/mol. The monoisotopic (exact) mass is 296 g/mol. The van der Waals surface area contributed by atoms with E-state index in [1.165, 1.54) is 37.4 Å². The number of benzene rings is 2. The van der Waals surface area contributed by atoms with Gasteiger partial charge in [0.25, 0.3) is 5.91 Å². The van der Waals surface area contributed by atoms with Crippen molar-refractivity contribution in [2.24, 2.45) is 0 Å². The van der Waals surface area contributed by atoms with E-state index in [0.717, 1.165) is 0 Å². The number of anilines is 1. The molecule has 0 aliphatic rings. The van der Waals surface area contributed by atoms with E-state index in [0.29, 0.717) is 5.56 Å². The zero-order valence-electron chi connectivity index (χ0n) is 11.7. The Morgan fingerprint density at radius 1 is 1.23 bits per heavy atom. The lowest BCUT2D eigenvalue weighted by atomic mass is 10.1. The van der Waals surface area contributed by atoms with Crippen LogP contribution in [0, 0.1) is 11.3 Å². The van der Waals surface area contributed by atoms with Gasteiger partial charge in [0.05, 0.1) is 24.4 Å². The van der Waals surface area contributed by atoms with Crippen LogP contribution in [0.3, 0.4) is 0 Å². The van der Waals surface area contributed by atoms with Gasteiger partial charge in [-0.15, -0.1) is 0 Å². The van der Waals surface area contributed by atoms with Crippen LogP contribution >= 0.6 is 0 Å². The lowest BCUT2D eigenvalue weighted by molar-refractivity contribution is 0.0597. The van der Waals surface area contributed by atoms with Gasteiger partial charge in [0.1, 0.15) is 5.56 Å². The van der Waals surface area contributed by atoms with Crippen LogP contribution in [0.1, 0.15) is 26.3 Å². The largest absolute Gasteiger partial charge is 0.505 e. The molecule has 0 aliphatic carbocycles. The summed E-state index contributed by atoms with van der Waals surface area (Å²) in [4.78, 5) is 23.6. The van der Waals surface area contributed by atoms with Crippen molar-refractivity contribution in [2.75, 3.05) is 12.4 Å². The average Bonchev–Trinajstić information content (AvgIpc) is 2.56. The normalized spacial score (nSPS) is 9.64. The summed E-state index contributed by atoms with van der Waals surface area (Å²) >= 11 is 0. The van der Waals surface area contributed by atoms with E-state index in [4.69, 9.17) is 5.26 Å². The molecule has 2 N–H and O–H groups in total. The number of carbonyl (C=O) groups is 2. The van der Waals surface area contributed by atoms with E-state index in [-0.39, 0.29) is 22.6 Å². The summed E-state index contributed by atoms with van der Waals surface area (Å²) in [5, 5.41) is 21.3. The topological polar surface area (TPSA) is 99.4 Å². The number of carbonyl (C=O) groups excluding carboxylic acids is 2. The van der Waals surface area contributed by atoms with Crippen molar-refractivity contribution < 1.29 is 19.4 Å². The molecule has 0 aromatic heterocycles. The third-order valence-electron chi connectivity index (χ3n) is 2.94. The maximum atomic E-state index is 12.1. The SMILES string of the molecule is COC(=O)c1cccc(NC(=O)c2cccc(C#N)c2)c1O.